The summed E-state index contributed by atoms with van der Waals surface area (Å²) in [5.41, 5.74) is 4.52. The summed E-state index contributed by atoms with van der Waals surface area (Å²) in [6.45, 7) is 0.427. The number of pyridine rings is 1. The van der Waals surface area contributed by atoms with E-state index >= 15 is 0 Å². The molecule has 0 bridgehead atoms. The van der Waals surface area contributed by atoms with Gasteiger partial charge >= 0.3 is 5.97 Å². The molecule has 0 amide bonds. The van der Waals surface area contributed by atoms with Gasteiger partial charge in [0.1, 0.15) is 18.2 Å². The molecule has 0 saturated carbocycles. The van der Waals surface area contributed by atoms with Gasteiger partial charge in [0.15, 0.2) is 0 Å². The molecule has 0 aliphatic heterocycles. The van der Waals surface area contributed by atoms with Crippen LogP contribution in [0.1, 0.15) is 27.2 Å². The Morgan fingerprint density at radius 2 is 1.62 bits per heavy atom. The molecular formula is C32H26FN3O6. The number of hydrogen-bond donors (Lipinski definition) is 0. The lowest BCUT2D eigenvalue weighted by atomic mass is 10.1. The van der Waals surface area contributed by atoms with Crippen LogP contribution in [-0.2, 0) is 29.3 Å². The average molecular weight is 568 g/mol. The van der Waals surface area contributed by atoms with E-state index < -0.39 is 17.8 Å². The van der Waals surface area contributed by atoms with Gasteiger partial charge in [-0.15, -0.1) is 10.1 Å². The number of carbonyl (C=O) groups is 1. The zero-order chi connectivity index (χ0) is 29.3. The molecule has 0 unspecified atom stereocenters. The van der Waals surface area contributed by atoms with E-state index in [-0.39, 0.29) is 11.4 Å². The predicted octanol–water partition coefficient (Wildman–Crippen LogP) is 6.48. The number of rotatable bonds is 12. The lowest BCUT2D eigenvalue weighted by Crippen LogP contribution is -2.22. The molecule has 0 saturated heterocycles. The summed E-state index contributed by atoms with van der Waals surface area (Å²) >= 11 is 0. The molecule has 9 nitrogen and oxygen atoms in total. The summed E-state index contributed by atoms with van der Waals surface area (Å²) in [6, 6.07) is 32.6. The quantitative estimate of drug-likeness (QED) is 0.0730. The number of carbonyl (C=O) groups excluding carboxylic acids is 1. The molecule has 42 heavy (non-hydrogen) atoms. The van der Waals surface area contributed by atoms with Crippen LogP contribution in [0.3, 0.4) is 0 Å². The fourth-order valence-corrected chi connectivity index (χ4v) is 4.37. The third-order valence-corrected chi connectivity index (χ3v) is 6.42. The number of esters is 1. The Labute approximate surface area is 240 Å². The number of aromatic nitrogens is 1. The maximum Gasteiger partial charge on any atom is 0.340 e. The zero-order valence-electron chi connectivity index (χ0n) is 22.4. The smallest absolute Gasteiger partial charge is 0.340 e. The summed E-state index contributed by atoms with van der Waals surface area (Å²) in [4.78, 5) is 33.1. The van der Waals surface area contributed by atoms with Crippen molar-refractivity contribution in [2.45, 2.75) is 19.7 Å². The minimum atomic E-state index is -1.04. The van der Waals surface area contributed by atoms with E-state index in [1.54, 1.807) is 30.3 Å². The van der Waals surface area contributed by atoms with Gasteiger partial charge in [0.2, 0.25) is 6.79 Å². The number of nitrogens with zero attached hydrogens (tertiary/aromatic N) is 3. The number of para-hydroxylation sites is 1. The molecule has 10 heteroatoms. The zero-order valence-corrected chi connectivity index (χ0v) is 22.4. The van der Waals surface area contributed by atoms with Gasteiger partial charge in [-0.05, 0) is 71.8 Å². The van der Waals surface area contributed by atoms with Crippen LogP contribution >= 0.6 is 0 Å². The minimum absolute atomic E-state index is 0.227. The Bertz CT molecular complexity index is 1680. The van der Waals surface area contributed by atoms with Crippen LogP contribution in [0.4, 0.5) is 10.1 Å². The van der Waals surface area contributed by atoms with Crippen molar-refractivity contribution in [1.82, 2.24) is 4.98 Å². The minimum Gasteiger partial charge on any atom is -0.487 e. The molecule has 0 aliphatic carbocycles. The molecule has 0 aliphatic rings. The van der Waals surface area contributed by atoms with E-state index in [2.05, 4.69) is 14.7 Å². The second kappa shape index (κ2) is 13.2. The first-order valence-corrected chi connectivity index (χ1v) is 13.0. The maximum absolute atomic E-state index is 13.9. The molecule has 0 atom stereocenters. The standard InChI is InChI=1S/C32H26FN3O6/c33-27-6-3-4-24(18-27)20-35(19-23-8-10-26(11-9-23)32(37)41-22-42-36(38)39)29-14-16-30(17-15-29)40-21-28-13-12-25-5-1-2-7-31(25)34-28/h1-18H,19-22H2. The molecule has 5 rings (SSSR count). The van der Waals surface area contributed by atoms with E-state index in [1.807, 2.05) is 66.7 Å². The van der Waals surface area contributed by atoms with Crippen LogP contribution in [0.2, 0.25) is 0 Å². The van der Waals surface area contributed by atoms with Gasteiger partial charge in [-0.2, -0.15) is 0 Å². The molecule has 5 aromatic rings. The molecule has 1 aromatic heterocycles. The maximum atomic E-state index is 13.9. The average Bonchev–Trinajstić information content (AvgIpc) is 3.00. The van der Waals surface area contributed by atoms with Crippen molar-refractivity contribution >= 4 is 22.6 Å². The Morgan fingerprint density at radius 3 is 2.38 bits per heavy atom. The van der Waals surface area contributed by atoms with Crippen LogP contribution in [0, 0.1) is 15.9 Å². The number of ether oxygens (including phenoxy) is 2. The Morgan fingerprint density at radius 1 is 0.857 bits per heavy atom. The summed E-state index contributed by atoms with van der Waals surface area (Å²) in [5.74, 6) is -0.375. The van der Waals surface area contributed by atoms with Crippen molar-refractivity contribution in [2.24, 2.45) is 0 Å². The number of hydrogen-bond acceptors (Lipinski definition) is 8. The van der Waals surface area contributed by atoms with Gasteiger partial charge < -0.3 is 14.4 Å². The van der Waals surface area contributed by atoms with Crippen molar-refractivity contribution in [3.8, 4) is 5.75 Å². The normalized spacial score (nSPS) is 10.7. The Kier molecular flexibility index (Phi) is 8.83. The van der Waals surface area contributed by atoms with Crippen LogP contribution in [0.15, 0.2) is 109 Å². The van der Waals surface area contributed by atoms with Crippen molar-refractivity contribution in [3.63, 3.8) is 0 Å². The summed E-state index contributed by atoms with van der Waals surface area (Å²) in [5, 5.41) is 10.3. The summed E-state index contributed by atoms with van der Waals surface area (Å²) in [7, 11) is 0. The SMILES string of the molecule is O=C(OCO[N+](=O)[O-])c1ccc(CN(Cc2cccc(F)c2)c2ccc(OCc3ccc4ccccc4n3)cc2)cc1. The number of halogens is 1. The second-order valence-corrected chi connectivity index (χ2v) is 9.36. The summed E-state index contributed by atoms with van der Waals surface area (Å²) in [6.07, 6.45) is 0. The van der Waals surface area contributed by atoms with Crippen molar-refractivity contribution in [2.75, 3.05) is 11.7 Å². The van der Waals surface area contributed by atoms with E-state index in [4.69, 9.17) is 9.47 Å². The highest BCUT2D eigenvalue weighted by Gasteiger charge is 2.13. The molecule has 4 aromatic carbocycles. The molecule has 0 fully saturated rings. The van der Waals surface area contributed by atoms with Crippen molar-refractivity contribution < 1.29 is 28.6 Å². The molecule has 0 spiro atoms. The van der Waals surface area contributed by atoms with Gasteiger partial charge in [0.05, 0.1) is 16.8 Å². The van der Waals surface area contributed by atoms with E-state index in [1.165, 1.54) is 12.1 Å². The van der Waals surface area contributed by atoms with Crippen molar-refractivity contribution in [3.05, 3.63) is 148 Å². The van der Waals surface area contributed by atoms with Gasteiger partial charge in [-0.3, -0.25) is 4.84 Å². The number of anilines is 1. The van der Waals surface area contributed by atoms with Crippen molar-refractivity contribution in [1.29, 1.82) is 0 Å². The third kappa shape index (κ3) is 7.57. The predicted molar refractivity (Wildman–Crippen MR) is 154 cm³/mol. The molecule has 212 valence electrons. The molecule has 1 heterocycles. The van der Waals surface area contributed by atoms with Gasteiger partial charge in [0.25, 0.3) is 5.09 Å². The van der Waals surface area contributed by atoms with Gasteiger partial charge in [0, 0.05) is 24.2 Å². The number of benzene rings is 4. The highest BCUT2D eigenvalue weighted by molar-refractivity contribution is 5.89. The highest BCUT2D eigenvalue weighted by atomic mass is 19.1. The fourth-order valence-electron chi connectivity index (χ4n) is 4.37. The summed E-state index contributed by atoms with van der Waals surface area (Å²) < 4.78 is 24.7. The lowest BCUT2D eigenvalue weighted by Gasteiger charge is -2.25. The Hall–Kier alpha value is -5.51. The Balaban J connectivity index is 1.27. The second-order valence-electron chi connectivity index (χ2n) is 9.36. The number of fused-ring (bicyclic) bond motifs is 1. The van der Waals surface area contributed by atoms with Gasteiger partial charge in [-0.1, -0.05) is 48.5 Å². The molecule has 0 N–H and O–H groups in total. The first kappa shape index (κ1) is 28.0. The van der Waals surface area contributed by atoms with Crippen LogP contribution < -0.4 is 9.64 Å². The highest BCUT2D eigenvalue weighted by Crippen LogP contribution is 2.25. The van der Waals surface area contributed by atoms with Crippen LogP contribution in [-0.4, -0.2) is 22.8 Å². The first-order valence-electron chi connectivity index (χ1n) is 13.0. The fraction of sp³-hybridized carbons (Fsp3) is 0.125. The molecule has 0 radical (unpaired) electrons. The van der Waals surface area contributed by atoms with Gasteiger partial charge in [-0.25, -0.2) is 14.2 Å². The monoisotopic (exact) mass is 567 g/mol. The topological polar surface area (TPSA) is 104 Å². The van der Waals surface area contributed by atoms with E-state index in [0.717, 1.165) is 33.4 Å². The largest absolute Gasteiger partial charge is 0.487 e. The lowest BCUT2D eigenvalue weighted by molar-refractivity contribution is -0.765. The third-order valence-electron chi connectivity index (χ3n) is 6.42. The van der Waals surface area contributed by atoms with E-state index in [9.17, 15) is 19.3 Å². The molecular weight excluding hydrogens is 541 g/mol. The van der Waals surface area contributed by atoms with Crippen LogP contribution in [0.25, 0.3) is 10.9 Å². The first-order chi connectivity index (χ1) is 20.4. The van der Waals surface area contributed by atoms with Crippen LogP contribution in [0.5, 0.6) is 5.75 Å². The van der Waals surface area contributed by atoms with E-state index in [0.29, 0.717) is 25.4 Å².